The van der Waals surface area contributed by atoms with E-state index < -0.39 is 0 Å². The fourth-order valence-corrected chi connectivity index (χ4v) is 2.00. The van der Waals surface area contributed by atoms with Gasteiger partial charge < -0.3 is 15.7 Å². The third kappa shape index (κ3) is 2.36. The Morgan fingerprint density at radius 1 is 1.47 bits per heavy atom. The number of anilines is 1. The van der Waals surface area contributed by atoms with Gasteiger partial charge in [-0.2, -0.15) is 0 Å². The molecule has 1 aliphatic rings. The Bertz CT molecular complexity index is 405. The number of aliphatic hydroxyl groups is 1. The highest BCUT2D eigenvalue weighted by Gasteiger charge is 2.28. The number of hydrogen-bond acceptors (Lipinski definition) is 5. The molecule has 6 nitrogen and oxygen atoms in total. The van der Waals surface area contributed by atoms with Gasteiger partial charge in [-0.05, 0) is 19.3 Å². The van der Waals surface area contributed by atoms with Crippen molar-refractivity contribution in [1.82, 2.24) is 9.97 Å². The van der Waals surface area contributed by atoms with Gasteiger partial charge in [-0.1, -0.05) is 0 Å². The first-order valence-corrected chi connectivity index (χ1v) is 5.77. The van der Waals surface area contributed by atoms with E-state index in [1.54, 1.807) is 6.20 Å². The number of nitrogens with one attached hydrogen (secondary N) is 1. The number of hydrogen-bond donors (Lipinski definition) is 3. The minimum atomic E-state index is -0.0876. The highest BCUT2D eigenvalue weighted by Crippen LogP contribution is 2.29. The first-order chi connectivity index (χ1) is 8.24. The van der Waals surface area contributed by atoms with Crippen LogP contribution in [-0.4, -0.2) is 40.1 Å². The topological polar surface area (TPSA) is 99.1 Å². The van der Waals surface area contributed by atoms with E-state index in [1.165, 1.54) is 12.6 Å². The predicted octanol–water partition coefficient (Wildman–Crippen LogP) is 0.112. The lowest BCUT2D eigenvalue weighted by atomic mass is 9.91. The molecule has 0 spiro atoms. The van der Waals surface area contributed by atoms with Crippen molar-refractivity contribution in [2.24, 2.45) is 5.73 Å². The van der Waals surface area contributed by atoms with Crippen molar-refractivity contribution in [3.8, 4) is 0 Å². The molecule has 0 bridgehead atoms. The lowest BCUT2D eigenvalue weighted by Gasteiger charge is -2.38. The summed E-state index contributed by atoms with van der Waals surface area (Å²) >= 11 is 0. The van der Waals surface area contributed by atoms with Gasteiger partial charge in [0.25, 0.3) is 0 Å². The van der Waals surface area contributed by atoms with Gasteiger partial charge in [0, 0.05) is 25.0 Å². The van der Waals surface area contributed by atoms with Gasteiger partial charge in [0.15, 0.2) is 5.82 Å². The maximum Gasteiger partial charge on any atom is 0.158 e. The third-order valence-corrected chi connectivity index (χ3v) is 3.06. The van der Waals surface area contributed by atoms with Crippen molar-refractivity contribution in [2.45, 2.75) is 25.3 Å². The molecule has 4 N–H and O–H groups in total. The number of nitrogens with zero attached hydrogens (tertiary/aromatic N) is 3. The summed E-state index contributed by atoms with van der Waals surface area (Å²) < 4.78 is 0. The van der Waals surface area contributed by atoms with Crippen LogP contribution in [0.25, 0.3) is 0 Å². The average molecular weight is 235 g/mol. The van der Waals surface area contributed by atoms with Gasteiger partial charge in [0.1, 0.15) is 11.5 Å². The van der Waals surface area contributed by atoms with E-state index in [0.29, 0.717) is 24.1 Å². The van der Waals surface area contributed by atoms with Crippen LogP contribution in [0.4, 0.5) is 5.82 Å². The summed E-state index contributed by atoms with van der Waals surface area (Å²) in [7, 11) is 0. The molecule has 0 unspecified atom stereocenters. The number of nitrogen functional groups attached to an aromatic ring is 1. The van der Waals surface area contributed by atoms with Crippen molar-refractivity contribution >= 4 is 11.7 Å². The van der Waals surface area contributed by atoms with E-state index in [2.05, 4.69) is 9.97 Å². The van der Waals surface area contributed by atoms with Crippen LogP contribution < -0.4 is 10.6 Å². The number of rotatable bonds is 5. The van der Waals surface area contributed by atoms with Gasteiger partial charge in [-0.15, -0.1) is 0 Å². The van der Waals surface area contributed by atoms with E-state index in [1.807, 2.05) is 4.90 Å². The van der Waals surface area contributed by atoms with Gasteiger partial charge in [-0.3, -0.25) is 5.41 Å². The van der Waals surface area contributed by atoms with E-state index >= 15 is 0 Å². The van der Waals surface area contributed by atoms with E-state index in [9.17, 15) is 0 Å². The van der Waals surface area contributed by atoms with Crippen LogP contribution in [0.15, 0.2) is 12.4 Å². The van der Waals surface area contributed by atoms with E-state index in [0.717, 1.165) is 12.8 Å². The SMILES string of the molecule is N=C(N)c1nccnc1N(CCO)C1CCC1. The van der Waals surface area contributed by atoms with Crippen LogP contribution in [0.3, 0.4) is 0 Å². The summed E-state index contributed by atoms with van der Waals surface area (Å²) in [5, 5.41) is 16.6. The fraction of sp³-hybridized carbons (Fsp3) is 0.545. The van der Waals surface area contributed by atoms with Crippen LogP contribution >= 0.6 is 0 Å². The molecule has 6 heteroatoms. The van der Waals surface area contributed by atoms with Gasteiger partial charge >= 0.3 is 0 Å². The quantitative estimate of drug-likeness (QED) is 0.497. The van der Waals surface area contributed by atoms with Crippen molar-refractivity contribution in [2.75, 3.05) is 18.1 Å². The van der Waals surface area contributed by atoms with Crippen molar-refractivity contribution in [3.05, 3.63) is 18.1 Å². The molecule has 0 aliphatic heterocycles. The monoisotopic (exact) mass is 235 g/mol. The second kappa shape index (κ2) is 5.09. The predicted molar refractivity (Wildman–Crippen MR) is 65.1 cm³/mol. The molecule has 0 amide bonds. The van der Waals surface area contributed by atoms with Crippen LogP contribution in [-0.2, 0) is 0 Å². The number of nitrogens with two attached hydrogens (primary N) is 1. The summed E-state index contributed by atoms with van der Waals surface area (Å²) in [6, 6.07) is 0.386. The molecule has 1 aliphatic carbocycles. The maximum atomic E-state index is 9.12. The maximum absolute atomic E-state index is 9.12. The molecular weight excluding hydrogens is 218 g/mol. The lowest BCUT2D eigenvalue weighted by Crippen LogP contribution is -2.43. The van der Waals surface area contributed by atoms with Gasteiger partial charge in [0.05, 0.1) is 6.61 Å². The molecule has 1 aromatic rings. The summed E-state index contributed by atoms with van der Waals surface area (Å²) in [5.41, 5.74) is 5.90. The Kier molecular flexibility index (Phi) is 3.53. The lowest BCUT2D eigenvalue weighted by molar-refractivity contribution is 0.283. The molecular formula is C11H17N5O. The van der Waals surface area contributed by atoms with Crippen molar-refractivity contribution < 1.29 is 5.11 Å². The first-order valence-electron chi connectivity index (χ1n) is 5.77. The second-order valence-electron chi connectivity index (χ2n) is 4.14. The minimum Gasteiger partial charge on any atom is -0.395 e. The van der Waals surface area contributed by atoms with Gasteiger partial charge in [-0.25, -0.2) is 9.97 Å². The van der Waals surface area contributed by atoms with E-state index in [-0.39, 0.29) is 12.4 Å². The van der Waals surface area contributed by atoms with Crippen LogP contribution in [0.1, 0.15) is 25.0 Å². The molecule has 0 atom stereocenters. The zero-order valence-electron chi connectivity index (χ0n) is 9.63. The van der Waals surface area contributed by atoms with E-state index in [4.69, 9.17) is 16.2 Å². The van der Waals surface area contributed by atoms with Crippen LogP contribution in [0.5, 0.6) is 0 Å². The van der Waals surface area contributed by atoms with Crippen LogP contribution in [0, 0.1) is 5.41 Å². The molecule has 92 valence electrons. The molecule has 2 rings (SSSR count). The zero-order valence-corrected chi connectivity index (χ0v) is 9.63. The summed E-state index contributed by atoms with van der Waals surface area (Å²) in [6.07, 6.45) is 6.49. The highest BCUT2D eigenvalue weighted by molar-refractivity contribution is 5.97. The first kappa shape index (κ1) is 11.8. The van der Waals surface area contributed by atoms with Crippen LogP contribution in [0.2, 0.25) is 0 Å². The normalized spacial score (nSPS) is 15.4. The zero-order chi connectivity index (χ0) is 12.3. The van der Waals surface area contributed by atoms with Crippen molar-refractivity contribution in [1.29, 1.82) is 5.41 Å². The molecule has 1 aromatic heterocycles. The summed E-state index contributed by atoms with van der Waals surface area (Å²) in [5.74, 6) is 0.522. The Hall–Kier alpha value is -1.69. The molecule has 1 heterocycles. The average Bonchev–Trinajstić information content (AvgIpc) is 2.26. The number of aliphatic hydroxyl groups excluding tert-OH is 1. The van der Waals surface area contributed by atoms with Gasteiger partial charge in [0.2, 0.25) is 0 Å². The second-order valence-corrected chi connectivity index (χ2v) is 4.14. The molecule has 0 radical (unpaired) electrons. The molecule has 0 saturated heterocycles. The molecule has 17 heavy (non-hydrogen) atoms. The fourth-order valence-electron chi connectivity index (χ4n) is 2.00. The number of amidine groups is 1. The molecule has 1 fully saturated rings. The summed E-state index contributed by atoms with van der Waals surface area (Å²) in [4.78, 5) is 10.3. The molecule has 1 saturated carbocycles. The molecule has 0 aromatic carbocycles. The summed E-state index contributed by atoms with van der Waals surface area (Å²) in [6.45, 7) is 0.564. The smallest absolute Gasteiger partial charge is 0.158 e. The Labute approximate surface area is 100.0 Å². The Balaban J connectivity index is 2.30. The Morgan fingerprint density at radius 3 is 2.71 bits per heavy atom. The largest absolute Gasteiger partial charge is 0.395 e. The minimum absolute atomic E-state index is 0.0599. The number of aromatic nitrogens is 2. The standard InChI is InChI=1S/C11H17N5O/c12-10(13)9-11(15-5-4-14-9)16(6-7-17)8-2-1-3-8/h4-5,8,17H,1-3,6-7H2,(H3,12,13). The highest BCUT2D eigenvalue weighted by atomic mass is 16.3. The third-order valence-electron chi connectivity index (χ3n) is 3.06. The Morgan fingerprint density at radius 2 is 2.18 bits per heavy atom. The van der Waals surface area contributed by atoms with Crippen molar-refractivity contribution in [3.63, 3.8) is 0 Å².